The molecule has 33 heavy (non-hydrogen) atoms. The van der Waals surface area contributed by atoms with Gasteiger partial charge in [-0.1, -0.05) is 34.8 Å². The van der Waals surface area contributed by atoms with Gasteiger partial charge in [-0.25, -0.2) is 16.8 Å². The van der Waals surface area contributed by atoms with E-state index in [-0.39, 0.29) is 0 Å². The molecule has 2 aromatic carbocycles. The molecule has 0 saturated heterocycles. The van der Waals surface area contributed by atoms with Crippen LogP contribution in [0.2, 0.25) is 0 Å². The van der Waals surface area contributed by atoms with Crippen LogP contribution in [0.25, 0.3) is 20.2 Å². The first kappa shape index (κ1) is 23.4. The topological polar surface area (TPSA) is 121 Å². The van der Waals surface area contributed by atoms with Gasteiger partial charge in [0, 0.05) is 20.2 Å². The molecule has 0 aliphatic heterocycles. The molecule has 4 rings (SSSR count). The first-order valence-corrected chi connectivity index (χ1v) is 14.2. The molecule has 0 amide bonds. The van der Waals surface area contributed by atoms with Crippen LogP contribution in [-0.2, 0) is 19.7 Å². The van der Waals surface area contributed by atoms with E-state index in [9.17, 15) is 26.4 Å². The summed E-state index contributed by atoms with van der Waals surface area (Å²) in [5, 5.41) is -0.698. The Kier molecular flexibility index (Phi) is 6.03. The van der Waals surface area contributed by atoms with Crippen LogP contribution < -0.4 is 19.0 Å². The van der Waals surface area contributed by atoms with Crippen LogP contribution in [0.4, 0.5) is 0 Å². The molecule has 8 nitrogen and oxygen atoms in total. The van der Waals surface area contributed by atoms with Gasteiger partial charge in [0.2, 0.25) is 0 Å². The van der Waals surface area contributed by atoms with Crippen LogP contribution in [0.5, 0.6) is 11.5 Å². The maximum absolute atomic E-state index is 13.0. The predicted octanol–water partition coefficient (Wildman–Crippen LogP) is 3.06. The van der Waals surface area contributed by atoms with Crippen molar-refractivity contribution in [2.24, 2.45) is 0 Å². The van der Waals surface area contributed by atoms with Crippen molar-refractivity contribution in [3.63, 3.8) is 0 Å². The summed E-state index contributed by atoms with van der Waals surface area (Å²) in [6.45, 7) is 0. The molecule has 0 spiro atoms. The van der Waals surface area contributed by atoms with E-state index >= 15 is 0 Å². The molecule has 4 aromatic rings. The first-order valence-electron chi connectivity index (χ1n) is 9.24. The van der Waals surface area contributed by atoms with E-state index in [0.29, 0.717) is 54.3 Å². The Morgan fingerprint density at radius 1 is 0.697 bits per heavy atom. The fourth-order valence-corrected chi connectivity index (χ4v) is 9.63. The van der Waals surface area contributed by atoms with Crippen molar-refractivity contribution < 1.29 is 26.3 Å². The zero-order valence-electron chi connectivity index (χ0n) is 17.2. The first-order chi connectivity index (χ1) is 15.6. The molecule has 0 atom stereocenters. The largest absolute Gasteiger partial charge is 0.496 e. The minimum atomic E-state index is -4.61. The van der Waals surface area contributed by atoms with Crippen LogP contribution in [0.1, 0.15) is 0 Å². The summed E-state index contributed by atoms with van der Waals surface area (Å²) in [6.07, 6.45) is 0. The smallest absolute Gasteiger partial charge is 0.251 e. The molecule has 0 aliphatic carbocycles. The number of hydrogen-bond donors (Lipinski definition) is 0. The van der Waals surface area contributed by atoms with Gasteiger partial charge in [-0.3, -0.25) is 9.59 Å². The Bertz CT molecular complexity index is 1600. The van der Waals surface area contributed by atoms with Crippen molar-refractivity contribution >= 4 is 62.5 Å². The normalized spacial score (nSPS) is 12.2. The van der Waals surface area contributed by atoms with Crippen molar-refractivity contribution in [1.29, 1.82) is 0 Å². The third kappa shape index (κ3) is 4.26. The van der Waals surface area contributed by atoms with Crippen molar-refractivity contribution in [3.8, 4) is 11.5 Å². The molecule has 0 N–H and O–H groups in total. The number of ether oxygens (including phenoxy) is 2. The molecule has 0 unspecified atom stereocenters. The summed E-state index contributed by atoms with van der Waals surface area (Å²) in [5.74, 6) is 0.682. The van der Waals surface area contributed by atoms with Gasteiger partial charge in [0.15, 0.2) is 24.8 Å². The third-order valence-electron chi connectivity index (χ3n) is 4.83. The van der Waals surface area contributed by atoms with Crippen molar-refractivity contribution in [2.75, 3.05) is 19.3 Å². The SMILES string of the molecule is COc1cccc2sc(=O)c(S(=O)(=O)CS(=O)(=O)c3cc4c(OC)cccc4sc3=O)cc12. The van der Waals surface area contributed by atoms with E-state index in [1.807, 2.05) is 0 Å². The number of sulfone groups is 2. The molecule has 0 aliphatic rings. The van der Waals surface area contributed by atoms with Crippen LogP contribution in [0.15, 0.2) is 67.9 Å². The van der Waals surface area contributed by atoms with Gasteiger partial charge >= 0.3 is 0 Å². The average molecular weight is 525 g/mol. The molecule has 0 bridgehead atoms. The minimum absolute atomic E-state index is 0.341. The van der Waals surface area contributed by atoms with Crippen LogP contribution in [0.3, 0.4) is 0 Å². The van der Waals surface area contributed by atoms with E-state index < -0.39 is 44.0 Å². The second-order valence-electron chi connectivity index (χ2n) is 6.89. The molecular weight excluding hydrogens is 508 g/mol. The molecule has 0 radical (unpaired) electrons. The van der Waals surface area contributed by atoms with Crippen molar-refractivity contribution in [1.82, 2.24) is 0 Å². The monoisotopic (exact) mass is 524 g/mol. The highest BCUT2D eigenvalue weighted by Gasteiger charge is 2.31. The number of benzene rings is 2. The molecule has 172 valence electrons. The lowest BCUT2D eigenvalue weighted by atomic mass is 10.2. The Hall–Kier alpha value is -2.80. The lowest BCUT2D eigenvalue weighted by Gasteiger charge is -2.09. The Morgan fingerprint density at radius 3 is 1.45 bits per heavy atom. The fourth-order valence-electron chi connectivity index (χ4n) is 3.31. The molecule has 12 heteroatoms. The zero-order valence-corrected chi connectivity index (χ0v) is 20.5. The molecule has 2 aromatic heterocycles. The highest BCUT2D eigenvalue weighted by atomic mass is 32.3. The van der Waals surface area contributed by atoms with Crippen molar-refractivity contribution in [2.45, 2.75) is 9.79 Å². The molecule has 0 saturated carbocycles. The zero-order chi connectivity index (χ0) is 24.0. The van der Waals surface area contributed by atoms with Crippen molar-refractivity contribution in [3.05, 3.63) is 67.6 Å². The van der Waals surface area contributed by atoms with Crippen LogP contribution in [-0.4, -0.2) is 36.1 Å². The summed E-state index contributed by atoms with van der Waals surface area (Å²) in [7, 11) is -6.43. The summed E-state index contributed by atoms with van der Waals surface area (Å²) in [6, 6.07) is 12.0. The number of methoxy groups -OCH3 is 2. The fraction of sp³-hybridized carbons (Fsp3) is 0.143. The van der Waals surface area contributed by atoms with E-state index in [2.05, 4.69) is 0 Å². The van der Waals surface area contributed by atoms with E-state index in [1.54, 1.807) is 36.4 Å². The Morgan fingerprint density at radius 2 is 1.09 bits per heavy atom. The standard InChI is InChI=1S/C21H16O8S4/c1-28-14-5-3-7-16-12(14)9-18(20(22)30-16)32(24,25)11-33(26,27)19-10-13-15(29-2)6-4-8-17(13)31-21(19)23/h3-10H,11H2,1-2H3. The molecule has 2 heterocycles. The number of hydrogen-bond acceptors (Lipinski definition) is 10. The van der Waals surface area contributed by atoms with Crippen LogP contribution >= 0.6 is 22.7 Å². The lowest BCUT2D eigenvalue weighted by Crippen LogP contribution is -2.24. The minimum Gasteiger partial charge on any atom is -0.496 e. The Labute approximate surface area is 196 Å². The van der Waals surface area contributed by atoms with Crippen LogP contribution in [0, 0.1) is 0 Å². The lowest BCUT2D eigenvalue weighted by molar-refractivity contribution is 0.419. The van der Waals surface area contributed by atoms with Gasteiger partial charge in [0.05, 0.1) is 14.2 Å². The average Bonchev–Trinajstić information content (AvgIpc) is 2.76. The maximum atomic E-state index is 13.0. The number of rotatable bonds is 6. The Balaban J connectivity index is 1.85. The second-order valence-corrected chi connectivity index (χ2v) is 13.2. The highest BCUT2D eigenvalue weighted by molar-refractivity contribution is 8.08. The summed E-state index contributed by atoms with van der Waals surface area (Å²) < 4.78 is 62.0. The highest BCUT2D eigenvalue weighted by Crippen LogP contribution is 2.31. The van der Waals surface area contributed by atoms with E-state index in [0.717, 1.165) is 12.1 Å². The van der Waals surface area contributed by atoms with Gasteiger partial charge in [0.25, 0.3) is 9.48 Å². The maximum Gasteiger partial charge on any atom is 0.251 e. The molecule has 0 fully saturated rings. The van der Waals surface area contributed by atoms with Gasteiger partial charge in [-0.15, -0.1) is 0 Å². The van der Waals surface area contributed by atoms with E-state index in [1.165, 1.54) is 14.2 Å². The van der Waals surface area contributed by atoms with Gasteiger partial charge < -0.3 is 9.47 Å². The summed E-state index contributed by atoms with van der Waals surface area (Å²) >= 11 is 1.34. The van der Waals surface area contributed by atoms with E-state index in [4.69, 9.17) is 9.47 Å². The summed E-state index contributed by atoms with van der Waals surface area (Å²) in [5.41, 5.74) is 0. The van der Waals surface area contributed by atoms with Gasteiger partial charge in [-0.2, -0.15) is 0 Å². The van der Waals surface area contributed by atoms with Gasteiger partial charge in [-0.05, 0) is 36.4 Å². The second kappa shape index (κ2) is 8.52. The third-order valence-corrected chi connectivity index (χ3v) is 11.5. The summed E-state index contributed by atoms with van der Waals surface area (Å²) in [4.78, 5) is 23.8. The van der Waals surface area contributed by atoms with Gasteiger partial charge in [0.1, 0.15) is 21.3 Å². The number of fused-ring (bicyclic) bond motifs is 2. The molecular formula is C21H16O8S4. The predicted molar refractivity (Wildman–Crippen MR) is 129 cm³/mol. The quantitative estimate of drug-likeness (QED) is 0.377.